The molecule has 1 aromatic carbocycles. The van der Waals surface area contributed by atoms with Gasteiger partial charge in [-0.25, -0.2) is 0 Å². The van der Waals surface area contributed by atoms with Gasteiger partial charge in [0.1, 0.15) is 5.70 Å². The van der Waals surface area contributed by atoms with E-state index in [1.54, 1.807) is 7.11 Å². The molecule has 0 unspecified atom stereocenters. The Morgan fingerprint density at radius 2 is 1.89 bits per heavy atom. The van der Waals surface area contributed by atoms with E-state index < -0.39 is 5.91 Å². The van der Waals surface area contributed by atoms with Crippen LogP contribution in [0.25, 0.3) is 5.57 Å². The molecular formula is C13H13IN2O3. The van der Waals surface area contributed by atoms with Crippen LogP contribution in [0, 0.1) is 3.57 Å². The van der Waals surface area contributed by atoms with Crippen LogP contribution < -0.4 is 10.6 Å². The maximum atomic E-state index is 11.9. The molecule has 2 amide bonds. The van der Waals surface area contributed by atoms with Crippen molar-refractivity contribution in [2.24, 2.45) is 0 Å². The number of nitrogens with one attached hydrogen (secondary N) is 2. The quantitative estimate of drug-likeness (QED) is 0.458. The summed E-state index contributed by atoms with van der Waals surface area (Å²) in [6, 6.07) is 7.44. The Labute approximate surface area is 124 Å². The summed E-state index contributed by atoms with van der Waals surface area (Å²) in [5, 5.41) is 5.25. The third kappa shape index (κ3) is 3.13. The highest BCUT2D eigenvalue weighted by Gasteiger charge is 2.30. The van der Waals surface area contributed by atoms with Crippen LogP contribution in [-0.4, -0.2) is 32.1 Å². The molecule has 0 radical (unpaired) electrons. The maximum Gasteiger partial charge on any atom is 0.275 e. The van der Waals surface area contributed by atoms with Gasteiger partial charge in [-0.1, -0.05) is 12.1 Å². The minimum Gasteiger partial charge on any atom is -0.383 e. The van der Waals surface area contributed by atoms with Gasteiger partial charge in [-0.2, -0.15) is 0 Å². The van der Waals surface area contributed by atoms with E-state index in [1.165, 1.54) is 0 Å². The molecule has 0 aliphatic carbocycles. The van der Waals surface area contributed by atoms with Crippen LogP contribution in [0.3, 0.4) is 0 Å². The molecule has 0 aromatic heterocycles. The van der Waals surface area contributed by atoms with Gasteiger partial charge >= 0.3 is 0 Å². The molecule has 2 rings (SSSR count). The number of carbonyl (C=O) groups excluding carboxylic acids is 2. The molecule has 1 heterocycles. The Balaban J connectivity index is 2.32. The summed E-state index contributed by atoms with van der Waals surface area (Å²) in [5.74, 6) is -0.763. The third-order valence-electron chi connectivity index (χ3n) is 2.67. The van der Waals surface area contributed by atoms with Gasteiger partial charge in [0, 0.05) is 17.2 Å². The topological polar surface area (TPSA) is 67.4 Å². The lowest BCUT2D eigenvalue weighted by molar-refractivity contribution is -0.123. The standard InChI is InChI=1S/C13H13IN2O3/c1-19-7-6-15-11-10(12(17)16-13(11)18)8-2-4-9(14)5-3-8/h2-5H,6-7H2,1H3,(H2,15,16,17,18). The molecule has 6 heteroatoms. The number of amides is 2. The molecule has 1 aliphatic heterocycles. The molecule has 1 aliphatic rings. The van der Waals surface area contributed by atoms with Gasteiger partial charge in [0.2, 0.25) is 0 Å². The lowest BCUT2D eigenvalue weighted by Crippen LogP contribution is -2.28. The first-order valence-corrected chi connectivity index (χ1v) is 6.80. The van der Waals surface area contributed by atoms with E-state index in [4.69, 9.17) is 4.74 Å². The summed E-state index contributed by atoms with van der Waals surface area (Å²) in [6.45, 7) is 0.936. The van der Waals surface area contributed by atoms with Crippen LogP contribution in [0.1, 0.15) is 5.56 Å². The van der Waals surface area contributed by atoms with Crippen LogP contribution in [0.5, 0.6) is 0 Å². The predicted molar refractivity (Wildman–Crippen MR) is 79.1 cm³/mol. The predicted octanol–water partition coefficient (Wildman–Crippen LogP) is 0.895. The fourth-order valence-electron chi connectivity index (χ4n) is 1.79. The lowest BCUT2D eigenvalue weighted by Gasteiger charge is -2.07. The van der Waals surface area contributed by atoms with Gasteiger partial charge in [-0.15, -0.1) is 0 Å². The summed E-state index contributed by atoms with van der Waals surface area (Å²) in [5.41, 5.74) is 1.42. The first-order valence-electron chi connectivity index (χ1n) is 5.72. The number of carbonyl (C=O) groups is 2. The number of rotatable bonds is 5. The second-order valence-electron chi connectivity index (χ2n) is 3.96. The first kappa shape index (κ1) is 14.0. The molecular weight excluding hydrogens is 359 g/mol. The van der Waals surface area contributed by atoms with Crippen molar-refractivity contribution >= 4 is 40.0 Å². The Morgan fingerprint density at radius 1 is 1.21 bits per heavy atom. The molecule has 0 atom stereocenters. The molecule has 2 N–H and O–H groups in total. The highest BCUT2D eigenvalue weighted by molar-refractivity contribution is 14.1. The summed E-state index contributed by atoms with van der Waals surface area (Å²) >= 11 is 2.19. The Bertz CT molecular complexity index is 537. The number of methoxy groups -OCH3 is 1. The molecule has 5 nitrogen and oxygen atoms in total. The van der Waals surface area contributed by atoms with E-state index in [-0.39, 0.29) is 5.91 Å². The minimum absolute atomic E-state index is 0.309. The van der Waals surface area contributed by atoms with Gasteiger partial charge in [0.15, 0.2) is 0 Å². The second-order valence-corrected chi connectivity index (χ2v) is 5.21. The van der Waals surface area contributed by atoms with Crippen LogP contribution in [0.2, 0.25) is 0 Å². The fourth-order valence-corrected chi connectivity index (χ4v) is 2.15. The Kier molecular flexibility index (Phi) is 4.54. The molecule has 1 aromatic rings. The van der Waals surface area contributed by atoms with Gasteiger partial charge < -0.3 is 10.1 Å². The van der Waals surface area contributed by atoms with Crippen molar-refractivity contribution in [2.45, 2.75) is 0 Å². The van der Waals surface area contributed by atoms with Crippen molar-refractivity contribution < 1.29 is 14.3 Å². The maximum absolute atomic E-state index is 11.9. The molecule has 19 heavy (non-hydrogen) atoms. The van der Waals surface area contributed by atoms with Crippen molar-refractivity contribution in [3.8, 4) is 0 Å². The second kappa shape index (κ2) is 6.16. The minimum atomic E-state index is -0.394. The number of ether oxygens (including phenoxy) is 1. The summed E-state index contributed by atoms with van der Waals surface area (Å²) < 4.78 is 5.99. The highest BCUT2D eigenvalue weighted by atomic mass is 127. The van der Waals surface area contributed by atoms with Gasteiger partial charge in [0.05, 0.1) is 12.2 Å². The zero-order valence-corrected chi connectivity index (χ0v) is 12.5. The zero-order chi connectivity index (χ0) is 13.8. The smallest absolute Gasteiger partial charge is 0.275 e. The Hall–Kier alpha value is -1.41. The van der Waals surface area contributed by atoms with E-state index in [0.29, 0.717) is 24.4 Å². The summed E-state index contributed by atoms with van der Waals surface area (Å²) in [7, 11) is 1.58. The van der Waals surface area contributed by atoms with Gasteiger partial charge in [0.25, 0.3) is 11.8 Å². The van der Waals surface area contributed by atoms with Crippen LogP contribution in [-0.2, 0) is 14.3 Å². The van der Waals surface area contributed by atoms with Crippen molar-refractivity contribution in [3.63, 3.8) is 0 Å². The van der Waals surface area contributed by atoms with E-state index >= 15 is 0 Å². The average molecular weight is 372 g/mol. The van der Waals surface area contributed by atoms with Gasteiger partial charge in [-0.05, 0) is 40.3 Å². The number of hydrogen-bond donors (Lipinski definition) is 2. The SMILES string of the molecule is COCCNC1=C(c2ccc(I)cc2)C(=O)NC1=O. The van der Waals surface area contributed by atoms with Gasteiger partial charge in [-0.3, -0.25) is 14.9 Å². The first-order chi connectivity index (χ1) is 9.13. The monoisotopic (exact) mass is 372 g/mol. The van der Waals surface area contributed by atoms with E-state index in [2.05, 4.69) is 33.2 Å². The normalized spacial score (nSPS) is 14.8. The largest absolute Gasteiger partial charge is 0.383 e. The summed E-state index contributed by atoms with van der Waals surface area (Å²) in [4.78, 5) is 23.6. The molecule has 0 saturated carbocycles. The van der Waals surface area contributed by atoms with Crippen LogP contribution in [0.15, 0.2) is 30.0 Å². The molecule has 0 saturated heterocycles. The number of halogens is 1. The molecule has 0 fully saturated rings. The molecule has 100 valence electrons. The summed E-state index contributed by atoms with van der Waals surface area (Å²) in [6.07, 6.45) is 0. The fraction of sp³-hybridized carbons (Fsp3) is 0.231. The number of hydrogen-bond acceptors (Lipinski definition) is 4. The van der Waals surface area contributed by atoms with E-state index in [0.717, 1.165) is 9.13 Å². The molecule has 0 bridgehead atoms. The van der Waals surface area contributed by atoms with Crippen molar-refractivity contribution in [1.29, 1.82) is 0 Å². The van der Waals surface area contributed by atoms with E-state index in [9.17, 15) is 9.59 Å². The average Bonchev–Trinajstić information content (AvgIpc) is 2.66. The Morgan fingerprint density at radius 3 is 2.53 bits per heavy atom. The third-order valence-corrected chi connectivity index (χ3v) is 3.39. The number of imide groups is 1. The lowest BCUT2D eigenvalue weighted by atomic mass is 10.1. The van der Waals surface area contributed by atoms with E-state index in [1.807, 2.05) is 24.3 Å². The van der Waals surface area contributed by atoms with Crippen LogP contribution in [0.4, 0.5) is 0 Å². The zero-order valence-electron chi connectivity index (χ0n) is 10.3. The number of benzene rings is 1. The van der Waals surface area contributed by atoms with Crippen molar-refractivity contribution in [2.75, 3.05) is 20.3 Å². The van der Waals surface area contributed by atoms with Crippen molar-refractivity contribution in [1.82, 2.24) is 10.6 Å². The molecule has 0 spiro atoms. The van der Waals surface area contributed by atoms with Crippen LogP contribution >= 0.6 is 22.6 Å². The van der Waals surface area contributed by atoms with Crippen molar-refractivity contribution in [3.05, 3.63) is 39.1 Å². The highest BCUT2D eigenvalue weighted by Crippen LogP contribution is 2.23.